The van der Waals surface area contributed by atoms with Crippen LogP contribution in [0.4, 0.5) is 0 Å². The van der Waals surface area contributed by atoms with Gasteiger partial charge >= 0.3 is 0 Å². The predicted molar refractivity (Wildman–Crippen MR) is 89.6 cm³/mol. The Kier molecular flexibility index (Phi) is 6.83. The third kappa shape index (κ3) is 5.49. The molecule has 0 aromatic heterocycles. The first-order chi connectivity index (χ1) is 11.1. The molecule has 1 atom stereocenters. The zero-order valence-corrected chi connectivity index (χ0v) is 14.2. The number of nitrogens with zero attached hydrogens (tertiary/aromatic N) is 2. The zero-order valence-electron chi connectivity index (χ0n) is 14.2. The second-order valence-electron chi connectivity index (χ2n) is 5.95. The number of hydrogen-bond acceptors (Lipinski definition) is 5. The van der Waals surface area contributed by atoms with E-state index >= 15 is 0 Å². The molecule has 1 saturated heterocycles. The Morgan fingerprint density at radius 3 is 3.00 bits per heavy atom. The summed E-state index contributed by atoms with van der Waals surface area (Å²) in [6.45, 7) is 4.17. The summed E-state index contributed by atoms with van der Waals surface area (Å²) in [5.41, 5.74) is 1.00. The highest BCUT2D eigenvalue weighted by Crippen LogP contribution is 2.18. The van der Waals surface area contributed by atoms with E-state index in [2.05, 4.69) is 17.3 Å². The van der Waals surface area contributed by atoms with Crippen LogP contribution in [0.5, 0.6) is 5.75 Å². The minimum absolute atomic E-state index is 0.0556. The van der Waals surface area contributed by atoms with Crippen molar-refractivity contribution in [3.63, 3.8) is 0 Å². The Labute approximate surface area is 138 Å². The zero-order chi connectivity index (χ0) is 16.7. The topological polar surface area (TPSA) is 54.0 Å². The van der Waals surface area contributed by atoms with Crippen LogP contribution in [0.25, 0.3) is 0 Å². The van der Waals surface area contributed by atoms with Crippen LogP contribution in [0.3, 0.4) is 0 Å². The van der Waals surface area contributed by atoms with E-state index in [0.717, 1.165) is 31.0 Å². The lowest BCUT2D eigenvalue weighted by atomic mass is 10.2. The Hall–Kier alpha value is -1.63. The van der Waals surface area contributed by atoms with E-state index < -0.39 is 0 Å². The van der Waals surface area contributed by atoms with Crippen molar-refractivity contribution in [1.82, 2.24) is 15.1 Å². The number of benzene rings is 1. The maximum Gasteiger partial charge on any atom is 0.236 e. The molecule has 23 heavy (non-hydrogen) atoms. The summed E-state index contributed by atoms with van der Waals surface area (Å²) in [4.78, 5) is 16.2. The van der Waals surface area contributed by atoms with Gasteiger partial charge in [0.15, 0.2) is 0 Å². The van der Waals surface area contributed by atoms with Gasteiger partial charge in [0.05, 0.1) is 26.4 Å². The molecule has 0 aliphatic carbocycles. The first kappa shape index (κ1) is 17.7. The number of ether oxygens (including phenoxy) is 2. The van der Waals surface area contributed by atoms with Crippen LogP contribution in [0.15, 0.2) is 24.3 Å². The number of rotatable bonds is 7. The summed E-state index contributed by atoms with van der Waals surface area (Å²) in [6.07, 6.45) is 0.154. The second-order valence-corrected chi connectivity index (χ2v) is 5.95. The molecule has 0 spiro atoms. The van der Waals surface area contributed by atoms with E-state index in [0.29, 0.717) is 19.6 Å². The molecule has 0 unspecified atom stereocenters. The average Bonchev–Trinajstić information content (AvgIpc) is 2.55. The summed E-state index contributed by atoms with van der Waals surface area (Å²) >= 11 is 0. The van der Waals surface area contributed by atoms with Crippen molar-refractivity contribution in [2.24, 2.45) is 0 Å². The SMILES string of the molecule is COc1ccccc1CN(C)C(=O)CNC[C@H]1CN(C)CCO1. The highest BCUT2D eigenvalue weighted by atomic mass is 16.5. The van der Waals surface area contributed by atoms with Crippen LogP contribution in [-0.4, -0.2) is 75.8 Å². The van der Waals surface area contributed by atoms with Crippen LogP contribution in [-0.2, 0) is 16.1 Å². The molecule has 0 bridgehead atoms. The molecule has 0 radical (unpaired) electrons. The fourth-order valence-electron chi connectivity index (χ4n) is 2.64. The van der Waals surface area contributed by atoms with Crippen LogP contribution in [0.1, 0.15) is 5.56 Å². The molecular formula is C17H27N3O3. The number of para-hydroxylation sites is 1. The Morgan fingerprint density at radius 1 is 1.48 bits per heavy atom. The first-order valence-corrected chi connectivity index (χ1v) is 7.97. The van der Waals surface area contributed by atoms with E-state index in [1.54, 1.807) is 19.1 Å². The van der Waals surface area contributed by atoms with Crippen molar-refractivity contribution in [1.29, 1.82) is 0 Å². The lowest BCUT2D eigenvalue weighted by Crippen LogP contribution is -2.46. The van der Waals surface area contributed by atoms with Crippen molar-refractivity contribution in [3.05, 3.63) is 29.8 Å². The van der Waals surface area contributed by atoms with Gasteiger partial charge in [-0.05, 0) is 13.1 Å². The standard InChI is InChI=1S/C17H27N3O3/c1-19-8-9-23-15(13-19)10-18-11-17(21)20(2)12-14-6-4-5-7-16(14)22-3/h4-7,15,18H,8-13H2,1-3H3/t15-/m0/s1. The smallest absolute Gasteiger partial charge is 0.236 e. The molecule has 6 nitrogen and oxygen atoms in total. The summed E-state index contributed by atoms with van der Waals surface area (Å²) in [5.74, 6) is 0.860. The van der Waals surface area contributed by atoms with Gasteiger partial charge in [0, 0.05) is 38.8 Å². The maximum atomic E-state index is 12.2. The minimum atomic E-state index is 0.0556. The molecule has 1 amide bonds. The largest absolute Gasteiger partial charge is 0.496 e. The lowest BCUT2D eigenvalue weighted by molar-refractivity contribution is -0.129. The molecule has 2 rings (SSSR count). The monoisotopic (exact) mass is 321 g/mol. The van der Waals surface area contributed by atoms with Crippen molar-refractivity contribution in [2.75, 3.05) is 54.0 Å². The van der Waals surface area contributed by atoms with Crippen molar-refractivity contribution < 1.29 is 14.3 Å². The first-order valence-electron chi connectivity index (χ1n) is 7.97. The third-order valence-electron chi connectivity index (χ3n) is 4.02. The van der Waals surface area contributed by atoms with Gasteiger partial charge in [0.2, 0.25) is 5.91 Å². The molecular weight excluding hydrogens is 294 g/mol. The molecule has 0 saturated carbocycles. The van der Waals surface area contributed by atoms with Crippen molar-refractivity contribution in [2.45, 2.75) is 12.6 Å². The minimum Gasteiger partial charge on any atom is -0.496 e. The van der Waals surface area contributed by atoms with Gasteiger partial charge in [-0.15, -0.1) is 0 Å². The number of carbonyl (C=O) groups excluding carboxylic acids is 1. The number of carbonyl (C=O) groups is 1. The molecule has 6 heteroatoms. The fraction of sp³-hybridized carbons (Fsp3) is 0.588. The Balaban J connectivity index is 1.74. The van der Waals surface area contributed by atoms with E-state index in [9.17, 15) is 4.79 Å². The number of morpholine rings is 1. The van der Waals surface area contributed by atoms with Gasteiger partial charge in [0.1, 0.15) is 5.75 Å². The molecule has 1 heterocycles. The highest BCUT2D eigenvalue weighted by molar-refractivity contribution is 5.78. The normalized spacial score (nSPS) is 18.7. The van der Waals surface area contributed by atoms with Gasteiger partial charge in [-0.1, -0.05) is 18.2 Å². The quantitative estimate of drug-likeness (QED) is 0.796. The van der Waals surface area contributed by atoms with E-state index in [1.807, 2.05) is 24.3 Å². The van der Waals surface area contributed by atoms with Gasteiger partial charge in [-0.3, -0.25) is 4.79 Å². The molecule has 128 valence electrons. The molecule has 1 fully saturated rings. The van der Waals surface area contributed by atoms with Crippen LogP contribution in [0, 0.1) is 0 Å². The number of likely N-dealkylation sites (N-methyl/N-ethyl adjacent to an activating group) is 2. The summed E-state index contributed by atoms with van der Waals surface area (Å²) in [6, 6.07) is 7.75. The molecule has 1 aliphatic heterocycles. The summed E-state index contributed by atoms with van der Waals surface area (Å²) in [7, 11) is 5.53. The summed E-state index contributed by atoms with van der Waals surface area (Å²) < 4.78 is 11.0. The second kappa shape index (κ2) is 8.86. The van der Waals surface area contributed by atoms with E-state index in [1.165, 1.54) is 0 Å². The third-order valence-corrected chi connectivity index (χ3v) is 4.02. The van der Waals surface area contributed by atoms with E-state index in [-0.39, 0.29) is 12.0 Å². The highest BCUT2D eigenvalue weighted by Gasteiger charge is 2.18. The van der Waals surface area contributed by atoms with Gasteiger partial charge in [0.25, 0.3) is 0 Å². The fourth-order valence-corrected chi connectivity index (χ4v) is 2.64. The van der Waals surface area contributed by atoms with Gasteiger partial charge in [-0.2, -0.15) is 0 Å². The summed E-state index contributed by atoms with van der Waals surface area (Å²) in [5, 5.41) is 3.20. The van der Waals surface area contributed by atoms with Crippen LogP contribution in [0.2, 0.25) is 0 Å². The lowest BCUT2D eigenvalue weighted by Gasteiger charge is -2.30. The van der Waals surface area contributed by atoms with Gasteiger partial charge in [-0.25, -0.2) is 0 Å². The van der Waals surface area contributed by atoms with Gasteiger partial charge < -0.3 is 24.6 Å². The molecule has 1 N–H and O–H groups in total. The number of methoxy groups -OCH3 is 1. The van der Waals surface area contributed by atoms with Crippen molar-refractivity contribution >= 4 is 5.91 Å². The van der Waals surface area contributed by atoms with E-state index in [4.69, 9.17) is 9.47 Å². The predicted octanol–water partition coefficient (Wildman–Crippen LogP) is 0.574. The number of amides is 1. The average molecular weight is 321 g/mol. The Bertz CT molecular complexity index is 510. The molecule has 1 aromatic carbocycles. The van der Waals surface area contributed by atoms with Crippen molar-refractivity contribution in [3.8, 4) is 5.75 Å². The maximum absolute atomic E-state index is 12.2. The molecule has 1 aliphatic rings. The van der Waals surface area contributed by atoms with Crippen LogP contribution >= 0.6 is 0 Å². The molecule has 1 aromatic rings. The Morgan fingerprint density at radius 2 is 2.26 bits per heavy atom. The number of hydrogen-bond donors (Lipinski definition) is 1. The van der Waals surface area contributed by atoms with Crippen LogP contribution < -0.4 is 10.1 Å². The number of nitrogens with one attached hydrogen (secondary N) is 1.